The number of aryl methyl sites for hydroxylation is 2. The number of nitrogen functional groups attached to an aromatic ring is 1. The summed E-state index contributed by atoms with van der Waals surface area (Å²) in [6, 6.07) is 0. The van der Waals surface area contributed by atoms with Gasteiger partial charge in [0.15, 0.2) is 5.82 Å². The van der Waals surface area contributed by atoms with Gasteiger partial charge in [0, 0.05) is 6.54 Å². The summed E-state index contributed by atoms with van der Waals surface area (Å²) in [7, 11) is 0. The molecule has 7 heteroatoms. The summed E-state index contributed by atoms with van der Waals surface area (Å²) in [5.41, 5.74) is 7.38. The fourth-order valence-corrected chi connectivity index (χ4v) is 2.04. The lowest BCUT2D eigenvalue weighted by Gasteiger charge is -2.04. The first-order valence-electron chi connectivity index (χ1n) is 5.55. The maximum Gasteiger partial charge on any atom is 0.165 e. The van der Waals surface area contributed by atoms with Gasteiger partial charge < -0.3 is 5.73 Å². The van der Waals surface area contributed by atoms with Crippen LogP contribution in [0.2, 0.25) is 5.02 Å². The molecule has 2 heterocycles. The number of anilines is 1. The molecular weight excluding hydrogens is 240 g/mol. The van der Waals surface area contributed by atoms with Gasteiger partial charge in [0.25, 0.3) is 0 Å². The lowest BCUT2D eigenvalue weighted by atomic mass is 10.3. The molecule has 0 aliphatic carbocycles. The van der Waals surface area contributed by atoms with Crippen molar-refractivity contribution in [3.63, 3.8) is 0 Å². The van der Waals surface area contributed by atoms with Crippen molar-refractivity contribution in [3.8, 4) is 0 Å². The van der Waals surface area contributed by atoms with E-state index in [1.807, 2.05) is 18.5 Å². The highest BCUT2D eigenvalue weighted by atomic mass is 35.5. The van der Waals surface area contributed by atoms with E-state index in [4.69, 9.17) is 17.3 Å². The van der Waals surface area contributed by atoms with E-state index in [2.05, 4.69) is 15.4 Å². The Morgan fingerprint density at radius 2 is 2.18 bits per heavy atom. The average molecular weight is 255 g/mol. The Labute approximate surface area is 104 Å². The van der Waals surface area contributed by atoms with E-state index in [0.717, 1.165) is 24.4 Å². The predicted octanol–water partition coefficient (Wildman–Crippen LogP) is 1.34. The maximum absolute atomic E-state index is 6.29. The van der Waals surface area contributed by atoms with Crippen LogP contribution in [0.1, 0.15) is 25.2 Å². The second-order valence-corrected chi connectivity index (χ2v) is 4.10. The standard InChI is InChI=1S/C10H15ClN6/c1-3-7-10(11)8(17(4-2)14-7)5-16-6-9(12)13-15-16/h6H,3-5,12H2,1-2H3. The lowest BCUT2D eigenvalue weighted by molar-refractivity contribution is 0.564. The monoisotopic (exact) mass is 254 g/mol. The van der Waals surface area contributed by atoms with Crippen molar-refractivity contribution in [1.29, 1.82) is 0 Å². The maximum atomic E-state index is 6.29. The van der Waals surface area contributed by atoms with Gasteiger partial charge in [0.2, 0.25) is 0 Å². The molecule has 0 unspecified atom stereocenters. The summed E-state index contributed by atoms with van der Waals surface area (Å²) in [5.74, 6) is 0.402. The van der Waals surface area contributed by atoms with Crippen LogP contribution in [0.3, 0.4) is 0 Å². The van der Waals surface area contributed by atoms with Crippen LogP contribution >= 0.6 is 11.6 Å². The van der Waals surface area contributed by atoms with Gasteiger partial charge in [-0.3, -0.25) is 4.68 Å². The van der Waals surface area contributed by atoms with Crippen molar-refractivity contribution in [3.05, 3.63) is 22.6 Å². The van der Waals surface area contributed by atoms with Crippen molar-refractivity contribution < 1.29 is 0 Å². The van der Waals surface area contributed by atoms with Crippen LogP contribution < -0.4 is 5.73 Å². The summed E-state index contributed by atoms with van der Waals surface area (Å²) < 4.78 is 3.54. The molecule has 17 heavy (non-hydrogen) atoms. The van der Waals surface area contributed by atoms with E-state index in [1.54, 1.807) is 10.9 Å². The number of rotatable bonds is 4. The molecule has 6 nitrogen and oxygen atoms in total. The molecule has 92 valence electrons. The zero-order valence-corrected chi connectivity index (χ0v) is 10.6. The van der Waals surface area contributed by atoms with Gasteiger partial charge >= 0.3 is 0 Å². The molecule has 0 saturated carbocycles. The van der Waals surface area contributed by atoms with E-state index in [1.165, 1.54) is 0 Å². The topological polar surface area (TPSA) is 74.5 Å². The largest absolute Gasteiger partial charge is 0.381 e. The van der Waals surface area contributed by atoms with Gasteiger partial charge in [-0.05, 0) is 13.3 Å². The van der Waals surface area contributed by atoms with Gasteiger partial charge in [-0.15, -0.1) is 5.10 Å². The number of halogens is 1. The predicted molar refractivity (Wildman–Crippen MR) is 65.8 cm³/mol. The molecule has 0 atom stereocenters. The van der Waals surface area contributed by atoms with Crippen LogP contribution in [0.4, 0.5) is 5.82 Å². The van der Waals surface area contributed by atoms with Crippen molar-refractivity contribution in [2.24, 2.45) is 0 Å². The number of nitrogens with two attached hydrogens (primary N) is 1. The molecule has 2 aromatic rings. The molecule has 0 amide bonds. The van der Waals surface area contributed by atoms with Crippen LogP contribution in [-0.4, -0.2) is 24.8 Å². The summed E-state index contributed by atoms with van der Waals surface area (Å²) in [5, 5.41) is 12.8. The molecular formula is C10H15ClN6. The summed E-state index contributed by atoms with van der Waals surface area (Å²) in [6.07, 6.45) is 2.49. The van der Waals surface area contributed by atoms with E-state index >= 15 is 0 Å². The van der Waals surface area contributed by atoms with E-state index in [9.17, 15) is 0 Å². The highest BCUT2D eigenvalue weighted by Gasteiger charge is 2.15. The zero-order valence-electron chi connectivity index (χ0n) is 9.89. The van der Waals surface area contributed by atoms with Crippen LogP contribution in [0.25, 0.3) is 0 Å². The molecule has 0 radical (unpaired) electrons. The Balaban J connectivity index is 2.34. The van der Waals surface area contributed by atoms with Gasteiger partial charge in [0.1, 0.15) is 0 Å². The van der Waals surface area contributed by atoms with Crippen LogP contribution in [0, 0.1) is 0 Å². The summed E-state index contributed by atoms with van der Waals surface area (Å²) in [6.45, 7) is 5.37. The highest BCUT2D eigenvalue weighted by molar-refractivity contribution is 6.31. The van der Waals surface area contributed by atoms with E-state index in [0.29, 0.717) is 17.4 Å². The second-order valence-electron chi connectivity index (χ2n) is 3.72. The van der Waals surface area contributed by atoms with E-state index < -0.39 is 0 Å². The first kappa shape index (κ1) is 11.9. The third-order valence-corrected chi connectivity index (χ3v) is 3.00. The summed E-state index contributed by atoms with van der Waals surface area (Å²) >= 11 is 6.29. The minimum absolute atomic E-state index is 0.402. The molecule has 2 N–H and O–H groups in total. The normalized spacial score (nSPS) is 11.0. The van der Waals surface area contributed by atoms with Crippen molar-refractivity contribution in [1.82, 2.24) is 24.8 Å². The Kier molecular flexibility index (Phi) is 3.33. The van der Waals surface area contributed by atoms with Gasteiger partial charge in [-0.1, -0.05) is 23.7 Å². The minimum atomic E-state index is 0.402. The third kappa shape index (κ3) is 2.26. The molecule has 0 aliphatic heterocycles. The third-order valence-electron chi connectivity index (χ3n) is 2.56. The van der Waals surface area contributed by atoms with Crippen molar-refractivity contribution >= 4 is 17.4 Å². The van der Waals surface area contributed by atoms with Crippen LogP contribution in [0.5, 0.6) is 0 Å². The SMILES string of the molecule is CCc1nn(CC)c(Cn2cc(N)nn2)c1Cl. The van der Waals surface area contributed by atoms with Crippen LogP contribution in [-0.2, 0) is 19.5 Å². The smallest absolute Gasteiger partial charge is 0.165 e. The Morgan fingerprint density at radius 1 is 1.41 bits per heavy atom. The number of hydrogen-bond acceptors (Lipinski definition) is 4. The molecule has 2 aromatic heterocycles. The number of hydrogen-bond donors (Lipinski definition) is 1. The van der Waals surface area contributed by atoms with Gasteiger partial charge in [-0.25, -0.2) is 4.68 Å². The molecule has 0 bridgehead atoms. The zero-order chi connectivity index (χ0) is 12.4. The lowest BCUT2D eigenvalue weighted by Crippen LogP contribution is -2.08. The minimum Gasteiger partial charge on any atom is -0.381 e. The molecule has 0 spiro atoms. The Bertz CT molecular complexity index is 515. The van der Waals surface area contributed by atoms with Crippen LogP contribution in [0.15, 0.2) is 6.20 Å². The average Bonchev–Trinajstić information content (AvgIpc) is 2.85. The first-order chi connectivity index (χ1) is 8.15. The molecule has 0 fully saturated rings. The summed E-state index contributed by atoms with van der Waals surface area (Å²) in [4.78, 5) is 0. The van der Waals surface area contributed by atoms with Crippen molar-refractivity contribution in [2.45, 2.75) is 33.4 Å². The van der Waals surface area contributed by atoms with Gasteiger partial charge in [0.05, 0.1) is 29.2 Å². The number of aromatic nitrogens is 5. The Morgan fingerprint density at radius 3 is 2.71 bits per heavy atom. The van der Waals surface area contributed by atoms with E-state index in [-0.39, 0.29) is 0 Å². The quantitative estimate of drug-likeness (QED) is 0.894. The highest BCUT2D eigenvalue weighted by Crippen LogP contribution is 2.22. The Hall–Kier alpha value is -1.56. The first-order valence-corrected chi connectivity index (χ1v) is 5.93. The second kappa shape index (κ2) is 4.75. The molecule has 2 rings (SSSR count). The fraction of sp³-hybridized carbons (Fsp3) is 0.500. The number of nitrogens with zero attached hydrogens (tertiary/aromatic N) is 5. The molecule has 0 aromatic carbocycles. The van der Waals surface area contributed by atoms with Crippen molar-refractivity contribution in [2.75, 3.05) is 5.73 Å². The molecule has 0 saturated heterocycles. The van der Waals surface area contributed by atoms with Gasteiger partial charge in [-0.2, -0.15) is 5.10 Å². The fourth-order valence-electron chi connectivity index (χ4n) is 1.71. The molecule has 0 aliphatic rings.